The third-order valence-electron chi connectivity index (χ3n) is 1.73. The molecule has 1 aromatic heterocycles. The van der Waals surface area contributed by atoms with Gasteiger partial charge in [0.1, 0.15) is 0 Å². The fraction of sp³-hybridized carbons (Fsp3) is 0.500. The van der Waals surface area contributed by atoms with Gasteiger partial charge in [0.25, 0.3) is 0 Å². The van der Waals surface area contributed by atoms with Crippen LogP contribution in [0.3, 0.4) is 0 Å². The molecule has 0 aliphatic rings. The number of allylic oxidation sites excluding steroid dienone is 1. The molecule has 1 aromatic rings. The van der Waals surface area contributed by atoms with Gasteiger partial charge in [-0.15, -0.1) is 17.9 Å². The highest BCUT2D eigenvalue weighted by Gasteiger charge is 1.96. The van der Waals surface area contributed by atoms with Crippen molar-refractivity contribution in [2.24, 2.45) is 0 Å². The molecular formula is C10H16N2S. The molecule has 0 fully saturated rings. The maximum atomic E-state index is 4.36. The third-order valence-corrected chi connectivity index (χ3v) is 2.56. The van der Waals surface area contributed by atoms with E-state index in [4.69, 9.17) is 0 Å². The van der Waals surface area contributed by atoms with E-state index >= 15 is 0 Å². The number of hydrogen-bond donors (Lipinski definition) is 1. The van der Waals surface area contributed by atoms with Crippen molar-refractivity contribution < 1.29 is 0 Å². The van der Waals surface area contributed by atoms with E-state index < -0.39 is 0 Å². The monoisotopic (exact) mass is 196 g/mol. The predicted molar refractivity (Wildman–Crippen MR) is 58.0 cm³/mol. The summed E-state index contributed by atoms with van der Waals surface area (Å²) in [6.45, 7) is 7.65. The van der Waals surface area contributed by atoms with Crippen LogP contribution in [0.2, 0.25) is 0 Å². The molecule has 1 heterocycles. The van der Waals surface area contributed by atoms with Crippen molar-refractivity contribution in [3.8, 4) is 0 Å². The van der Waals surface area contributed by atoms with Crippen LogP contribution in [0.1, 0.15) is 23.5 Å². The average molecular weight is 196 g/mol. The van der Waals surface area contributed by atoms with Gasteiger partial charge in [-0.05, 0) is 26.3 Å². The Morgan fingerprint density at radius 1 is 1.69 bits per heavy atom. The molecule has 0 aliphatic heterocycles. The molecule has 0 saturated heterocycles. The minimum absolute atomic E-state index is 0.890. The lowest BCUT2D eigenvalue weighted by atomic mass is 10.3. The van der Waals surface area contributed by atoms with Crippen LogP contribution in [0, 0.1) is 6.92 Å². The molecule has 13 heavy (non-hydrogen) atoms. The molecule has 0 saturated carbocycles. The van der Waals surface area contributed by atoms with Crippen LogP contribution in [-0.2, 0) is 6.54 Å². The Bertz CT molecular complexity index is 255. The van der Waals surface area contributed by atoms with Crippen molar-refractivity contribution in [1.29, 1.82) is 0 Å². The van der Waals surface area contributed by atoms with E-state index in [-0.39, 0.29) is 0 Å². The molecular weight excluding hydrogens is 180 g/mol. The Morgan fingerprint density at radius 2 is 2.54 bits per heavy atom. The Balaban J connectivity index is 2.09. The van der Waals surface area contributed by atoms with Gasteiger partial charge in [-0.2, -0.15) is 0 Å². The fourth-order valence-corrected chi connectivity index (χ4v) is 1.69. The minimum atomic E-state index is 0.890. The Morgan fingerprint density at radius 3 is 3.15 bits per heavy atom. The van der Waals surface area contributed by atoms with Crippen molar-refractivity contribution in [3.63, 3.8) is 0 Å². The second kappa shape index (κ2) is 5.89. The summed E-state index contributed by atoms with van der Waals surface area (Å²) in [5.74, 6) is 0. The highest BCUT2D eigenvalue weighted by atomic mass is 32.1. The molecule has 1 N–H and O–H groups in total. The molecule has 0 aromatic carbocycles. The topological polar surface area (TPSA) is 24.9 Å². The van der Waals surface area contributed by atoms with Crippen molar-refractivity contribution in [3.05, 3.63) is 28.7 Å². The van der Waals surface area contributed by atoms with Crippen molar-refractivity contribution in [2.45, 2.75) is 26.3 Å². The average Bonchev–Trinajstić information content (AvgIpc) is 2.51. The third kappa shape index (κ3) is 4.20. The number of aromatic nitrogens is 1. The largest absolute Gasteiger partial charge is 0.311 e. The number of thiazole rings is 1. The number of unbranched alkanes of at least 4 members (excludes halogenated alkanes) is 1. The van der Waals surface area contributed by atoms with Gasteiger partial charge in [-0.1, -0.05) is 6.08 Å². The Hall–Kier alpha value is -0.670. The number of hydrogen-bond acceptors (Lipinski definition) is 3. The molecule has 0 spiro atoms. The van der Waals surface area contributed by atoms with Gasteiger partial charge in [-0.3, -0.25) is 0 Å². The van der Waals surface area contributed by atoms with Crippen LogP contribution in [-0.4, -0.2) is 11.5 Å². The van der Waals surface area contributed by atoms with Gasteiger partial charge < -0.3 is 5.32 Å². The van der Waals surface area contributed by atoms with E-state index in [2.05, 4.69) is 22.3 Å². The summed E-state index contributed by atoms with van der Waals surface area (Å²) in [6, 6.07) is 0. The minimum Gasteiger partial charge on any atom is -0.311 e. The summed E-state index contributed by atoms with van der Waals surface area (Å²) in [4.78, 5) is 4.36. The van der Waals surface area contributed by atoms with Gasteiger partial charge in [0.05, 0.1) is 10.7 Å². The number of aryl methyl sites for hydroxylation is 1. The van der Waals surface area contributed by atoms with Crippen LogP contribution < -0.4 is 5.32 Å². The standard InChI is InChI=1S/C10H16N2S/c1-3-4-5-6-11-7-10-8-13-9(2)12-10/h3,8,11H,1,4-7H2,2H3. The normalized spacial score (nSPS) is 10.2. The maximum absolute atomic E-state index is 4.36. The first-order valence-electron chi connectivity index (χ1n) is 4.55. The second-order valence-corrected chi connectivity index (χ2v) is 4.03. The highest BCUT2D eigenvalue weighted by Crippen LogP contribution is 2.07. The Kier molecular flexibility index (Phi) is 4.72. The first-order valence-corrected chi connectivity index (χ1v) is 5.43. The zero-order chi connectivity index (χ0) is 9.52. The number of nitrogens with zero attached hydrogens (tertiary/aromatic N) is 1. The van der Waals surface area contributed by atoms with E-state index in [0.717, 1.165) is 36.6 Å². The lowest BCUT2D eigenvalue weighted by Crippen LogP contribution is -2.14. The van der Waals surface area contributed by atoms with Gasteiger partial charge in [0.15, 0.2) is 0 Å². The van der Waals surface area contributed by atoms with Gasteiger partial charge in [-0.25, -0.2) is 4.98 Å². The molecule has 0 amide bonds. The van der Waals surface area contributed by atoms with E-state index in [1.807, 2.05) is 13.0 Å². The van der Waals surface area contributed by atoms with Crippen molar-refractivity contribution in [2.75, 3.05) is 6.54 Å². The summed E-state index contributed by atoms with van der Waals surface area (Å²) in [6.07, 6.45) is 4.20. The van der Waals surface area contributed by atoms with Crippen LogP contribution in [0.5, 0.6) is 0 Å². The van der Waals surface area contributed by atoms with Crippen LogP contribution in [0.4, 0.5) is 0 Å². The zero-order valence-corrected chi connectivity index (χ0v) is 8.86. The van der Waals surface area contributed by atoms with E-state index in [0.29, 0.717) is 0 Å². The molecule has 72 valence electrons. The molecule has 0 radical (unpaired) electrons. The van der Waals surface area contributed by atoms with Crippen LogP contribution in [0.15, 0.2) is 18.0 Å². The molecule has 0 aliphatic carbocycles. The second-order valence-electron chi connectivity index (χ2n) is 2.97. The predicted octanol–water partition coefficient (Wildman–Crippen LogP) is 2.51. The molecule has 3 heteroatoms. The number of rotatable bonds is 6. The smallest absolute Gasteiger partial charge is 0.0897 e. The van der Waals surface area contributed by atoms with Crippen LogP contribution in [0.25, 0.3) is 0 Å². The molecule has 2 nitrogen and oxygen atoms in total. The summed E-state index contributed by atoms with van der Waals surface area (Å²) in [5.41, 5.74) is 1.15. The van der Waals surface area contributed by atoms with Gasteiger partial charge in [0.2, 0.25) is 0 Å². The van der Waals surface area contributed by atoms with Gasteiger partial charge >= 0.3 is 0 Å². The maximum Gasteiger partial charge on any atom is 0.0897 e. The zero-order valence-electron chi connectivity index (χ0n) is 8.05. The van der Waals surface area contributed by atoms with E-state index in [1.165, 1.54) is 0 Å². The summed E-state index contributed by atoms with van der Waals surface area (Å²) >= 11 is 1.71. The summed E-state index contributed by atoms with van der Waals surface area (Å²) in [7, 11) is 0. The van der Waals surface area contributed by atoms with Gasteiger partial charge in [0, 0.05) is 11.9 Å². The van der Waals surface area contributed by atoms with E-state index in [9.17, 15) is 0 Å². The SMILES string of the molecule is C=CCCCNCc1csc(C)n1. The van der Waals surface area contributed by atoms with Crippen LogP contribution >= 0.6 is 11.3 Å². The first-order chi connectivity index (χ1) is 6.33. The summed E-state index contributed by atoms with van der Waals surface area (Å²) < 4.78 is 0. The fourth-order valence-electron chi connectivity index (χ4n) is 1.08. The first kappa shape index (κ1) is 10.4. The number of nitrogens with one attached hydrogen (secondary N) is 1. The quantitative estimate of drug-likeness (QED) is 0.558. The summed E-state index contributed by atoms with van der Waals surface area (Å²) in [5, 5.41) is 6.59. The van der Waals surface area contributed by atoms with Crippen molar-refractivity contribution in [1.82, 2.24) is 10.3 Å². The molecule has 0 atom stereocenters. The lowest BCUT2D eigenvalue weighted by Gasteiger charge is -1.99. The molecule has 0 unspecified atom stereocenters. The van der Waals surface area contributed by atoms with E-state index in [1.54, 1.807) is 11.3 Å². The lowest BCUT2D eigenvalue weighted by molar-refractivity contribution is 0.647. The molecule has 0 bridgehead atoms. The van der Waals surface area contributed by atoms with Crippen molar-refractivity contribution >= 4 is 11.3 Å². The molecule has 1 rings (SSSR count). The Labute approximate surface area is 83.7 Å². The highest BCUT2D eigenvalue weighted by molar-refractivity contribution is 7.09.